The molecule has 2 rings (SSSR count). The Morgan fingerprint density at radius 2 is 1.88 bits per heavy atom. The molecular formula is C18H30O8. The fraction of sp³-hybridized carbons (Fsp3) is 0.833. The zero-order valence-corrected chi connectivity index (χ0v) is 15.0. The van der Waals surface area contributed by atoms with Gasteiger partial charge in [-0.3, -0.25) is 4.79 Å². The molecule has 150 valence electrons. The molecule has 1 aliphatic heterocycles. The first-order chi connectivity index (χ1) is 12.4. The standard InChI is InChI=1S/C18H30O8/c1-2-3-4-5-11-10(8-14(20)21)6-7-12(11)25-18-17(24)16(23)15(22)13(9-19)26-18/h3-4,10-13,15-19,22-24H,2,5-9H2,1H3,(H,20,21)/b4-3-/t10-,11-,12-,13-,15+,16+,17-,18+/m0/s1. The van der Waals surface area contributed by atoms with Crippen LogP contribution in [0.1, 0.15) is 39.0 Å². The van der Waals surface area contributed by atoms with Gasteiger partial charge >= 0.3 is 5.97 Å². The summed E-state index contributed by atoms with van der Waals surface area (Å²) in [6.45, 7) is 1.50. The number of rotatable bonds is 8. The molecule has 1 aliphatic carbocycles. The maximum absolute atomic E-state index is 11.1. The number of hydrogen-bond acceptors (Lipinski definition) is 7. The quantitative estimate of drug-likeness (QED) is 0.375. The fourth-order valence-corrected chi connectivity index (χ4v) is 3.87. The van der Waals surface area contributed by atoms with E-state index in [-0.39, 0.29) is 24.4 Å². The zero-order valence-electron chi connectivity index (χ0n) is 15.0. The predicted molar refractivity (Wildman–Crippen MR) is 91.2 cm³/mol. The molecule has 2 aliphatic rings. The maximum atomic E-state index is 11.1. The van der Waals surface area contributed by atoms with Gasteiger partial charge in [-0.2, -0.15) is 0 Å². The number of aliphatic hydroxyl groups excluding tert-OH is 4. The molecule has 0 aromatic heterocycles. The van der Waals surface area contributed by atoms with Crippen LogP contribution in [-0.4, -0.2) is 74.9 Å². The molecule has 0 unspecified atom stereocenters. The molecule has 0 aromatic rings. The number of ether oxygens (including phenoxy) is 2. The molecule has 2 fully saturated rings. The van der Waals surface area contributed by atoms with Crippen molar-refractivity contribution in [3.05, 3.63) is 12.2 Å². The van der Waals surface area contributed by atoms with E-state index in [2.05, 4.69) is 0 Å². The zero-order chi connectivity index (χ0) is 19.3. The van der Waals surface area contributed by atoms with Gasteiger partial charge < -0.3 is 35.0 Å². The fourth-order valence-electron chi connectivity index (χ4n) is 3.87. The van der Waals surface area contributed by atoms with Crippen molar-refractivity contribution in [2.45, 2.75) is 75.8 Å². The summed E-state index contributed by atoms with van der Waals surface area (Å²) >= 11 is 0. The van der Waals surface area contributed by atoms with Crippen LogP contribution in [0.25, 0.3) is 0 Å². The third kappa shape index (κ3) is 5.03. The minimum atomic E-state index is -1.49. The molecule has 8 atom stereocenters. The Kier molecular flexibility index (Phi) is 8.00. The summed E-state index contributed by atoms with van der Waals surface area (Å²) in [5.41, 5.74) is 0. The van der Waals surface area contributed by atoms with E-state index >= 15 is 0 Å². The lowest BCUT2D eigenvalue weighted by Gasteiger charge is -2.41. The largest absolute Gasteiger partial charge is 0.481 e. The van der Waals surface area contributed by atoms with Gasteiger partial charge in [0.25, 0.3) is 0 Å². The van der Waals surface area contributed by atoms with Crippen LogP contribution >= 0.6 is 0 Å². The van der Waals surface area contributed by atoms with Crippen LogP contribution in [0.3, 0.4) is 0 Å². The number of carboxylic acids is 1. The number of hydrogen-bond donors (Lipinski definition) is 5. The molecule has 0 amide bonds. The molecule has 0 aromatic carbocycles. The SMILES string of the molecule is CC/C=C\C[C@H]1[C@H](CC(=O)O)CC[C@@H]1O[C@@H]1O[C@@H](CO)[C@@H](O)[C@@H](O)[C@@H]1O. The Balaban J connectivity index is 2.07. The van der Waals surface area contributed by atoms with E-state index in [1.807, 2.05) is 19.1 Å². The van der Waals surface area contributed by atoms with Gasteiger partial charge in [0.2, 0.25) is 0 Å². The third-order valence-electron chi connectivity index (χ3n) is 5.31. The van der Waals surface area contributed by atoms with E-state index < -0.39 is 43.3 Å². The van der Waals surface area contributed by atoms with Crippen LogP contribution in [0.4, 0.5) is 0 Å². The second-order valence-corrected chi connectivity index (χ2v) is 7.09. The summed E-state index contributed by atoms with van der Waals surface area (Å²) < 4.78 is 11.3. The van der Waals surface area contributed by atoms with Gasteiger partial charge in [0.1, 0.15) is 24.4 Å². The van der Waals surface area contributed by atoms with Crippen molar-refractivity contribution in [2.24, 2.45) is 11.8 Å². The molecule has 5 N–H and O–H groups in total. The third-order valence-corrected chi connectivity index (χ3v) is 5.31. The molecule has 1 saturated carbocycles. The highest BCUT2D eigenvalue weighted by molar-refractivity contribution is 5.67. The molecule has 1 heterocycles. The first-order valence-electron chi connectivity index (χ1n) is 9.21. The van der Waals surface area contributed by atoms with Crippen molar-refractivity contribution in [1.82, 2.24) is 0 Å². The van der Waals surface area contributed by atoms with Gasteiger partial charge in [0.05, 0.1) is 12.7 Å². The molecule has 0 radical (unpaired) electrons. The van der Waals surface area contributed by atoms with Crippen LogP contribution in [0.15, 0.2) is 12.2 Å². The Morgan fingerprint density at radius 3 is 2.50 bits per heavy atom. The molecular weight excluding hydrogens is 344 g/mol. The minimum Gasteiger partial charge on any atom is -0.481 e. The van der Waals surface area contributed by atoms with Crippen LogP contribution in [0.5, 0.6) is 0 Å². The topological polar surface area (TPSA) is 137 Å². The highest BCUT2D eigenvalue weighted by atomic mass is 16.7. The molecule has 8 nitrogen and oxygen atoms in total. The number of carbonyl (C=O) groups is 1. The average Bonchev–Trinajstić information content (AvgIpc) is 2.96. The van der Waals surface area contributed by atoms with Crippen molar-refractivity contribution in [1.29, 1.82) is 0 Å². The van der Waals surface area contributed by atoms with Crippen LogP contribution in [-0.2, 0) is 14.3 Å². The van der Waals surface area contributed by atoms with Crippen LogP contribution in [0, 0.1) is 11.8 Å². The van der Waals surface area contributed by atoms with Crippen molar-refractivity contribution < 1.29 is 39.8 Å². The summed E-state index contributed by atoms with van der Waals surface area (Å²) in [7, 11) is 0. The summed E-state index contributed by atoms with van der Waals surface area (Å²) in [6, 6.07) is 0. The Morgan fingerprint density at radius 1 is 1.15 bits per heavy atom. The highest BCUT2D eigenvalue weighted by Crippen LogP contribution is 2.40. The normalized spacial score (nSPS) is 41.0. The lowest BCUT2D eigenvalue weighted by Crippen LogP contribution is -2.59. The molecule has 0 spiro atoms. The van der Waals surface area contributed by atoms with Crippen molar-refractivity contribution in [2.75, 3.05) is 6.61 Å². The number of aliphatic hydroxyl groups is 4. The second kappa shape index (κ2) is 9.77. The highest BCUT2D eigenvalue weighted by Gasteiger charge is 2.47. The van der Waals surface area contributed by atoms with E-state index in [4.69, 9.17) is 14.6 Å². The first kappa shape index (κ1) is 21.3. The summed E-state index contributed by atoms with van der Waals surface area (Å²) in [5, 5.41) is 48.3. The van der Waals surface area contributed by atoms with Crippen molar-refractivity contribution in [3.63, 3.8) is 0 Å². The minimum absolute atomic E-state index is 0.0381. The molecule has 26 heavy (non-hydrogen) atoms. The van der Waals surface area contributed by atoms with E-state index in [0.717, 1.165) is 6.42 Å². The number of aliphatic carboxylic acids is 1. The molecule has 1 saturated heterocycles. The Bertz CT molecular complexity index is 480. The van der Waals surface area contributed by atoms with Gasteiger partial charge in [0, 0.05) is 6.42 Å². The van der Waals surface area contributed by atoms with Gasteiger partial charge in [-0.1, -0.05) is 19.1 Å². The second-order valence-electron chi connectivity index (χ2n) is 7.09. The Labute approximate surface area is 153 Å². The van der Waals surface area contributed by atoms with Crippen LogP contribution < -0.4 is 0 Å². The van der Waals surface area contributed by atoms with Gasteiger partial charge in [0.15, 0.2) is 6.29 Å². The number of allylic oxidation sites excluding steroid dienone is 2. The van der Waals surface area contributed by atoms with E-state index in [9.17, 15) is 25.2 Å². The van der Waals surface area contributed by atoms with Gasteiger partial charge in [-0.05, 0) is 37.5 Å². The maximum Gasteiger partial charge on any atom is 0.303 e. The summed E-state index contributed by atoms with van der Waals surface area (Å²) in [6.07, 6.45) is 0.0423. The van der Waals surface area contributed by atoms with Gasteiger partial charge in [-0.15, -0.1) is 0 Å². The first-order valence-corrected chi connectivity index (χ1v) is 9.21. The van der Waals surface area contributed by atoms with Crippen LogP contribution in [0.2, 0.25) is 0 Å². The lowest BCUT2D eigenvalue weighted by atomic mass is 9.88. The Hall–Kier alpha value is -1.03. The molecule has 0 bridgehead atoms. The van der Waals surface area contributed by atoms with E-state index in [1.54, 1.807) is 0 Å². The van der Waals surface area contributed by atoms with Gasteiger partial charge in [-0.25, -0.2) is 0 Å². The average molecular weight is 374 g/mol. The predicted octanol–water partition coefficient (Wildman–Crippen LogP) is 0.0287. The van der Waals surface area contributed by atoms with Crippen molar-refractivity contribution in [3.8, 4) is 0 Å². The summed E-state index contributed by atoms with van der Waals surface area (Å²) in [5.74, 6) is -0.932. The summed E-state index contributed by atoms with van der Waals surface area (Å²) in [4.78, 5) is 11.1. The lowest BCUT2D eigenvalue weighted by molar-refractivity contribution is -0.313. The molecule has 8 heteroatoms. The van der Waals surface area contributed by atoms with Crippen molar-refractivity contribution >= 4 is 5.97 Å². The number of carboxylic acid groups (broad SMARTS) is 1. The monoisotopic (exact) mass is 374 g/mol. The van der Waals surface area contributed by atoms with E-state index in [0.29, 0.717) is 19.3 Å². The van der Waals surface area contributed by atoms with E-state index in [1.165, 1.54) is 0 Å². The smallest absolute Gasteiger partial charge is 0.303 e.